The Labute approximate surface area is 115 Å². The minimum atomic E-state index is -0.596. The number of hydrogen-bond acceptors (Lipinski definition) is 5. The highest BCUT2D eigenvalue weighted by Gasteiger charge is 2.32. The van der Waals surface area contributed by atoms with Crippen LogP contribution in [0.15, 0.2) is 12.3 Å². The molecule has 1 aromatic rings. The molecule has 5 nitrogen and oxygen atoms in total. The van der Waals surface area contributed by atoms with E-state index < -0.39 is 5.60 Å². The number of aliphatic hydroxyl groups is 1. The third kappa shape index (κ3) is 3.80. The van der Waals surface area contributed by atoms with Crippen LogP contribution in [-0.4, -0.2) is 41.3 Å². The highest BCUT2D eigenvalue weighted by molar-refractivity contribution is 5.40. The quantitative estimate of drug-likeness (QED) is 0.869. The van der Waals surface area contributed by atoms with Crippen molar-refractivity contribution in [1.82, 2.24) is 9.97 Å². The molecule has 0 bridgehead atoms. The smallest absolute Gasteiger partial charge is 0.226 e. The maximum absolute atomic E-state index is 10.6. The zero-order valence-corrected chi connectivity index (χ0v) is 12.1. The third-order valence-corrected chi connectivity index (χ3v) is 3.71. The van der Waals surface area contributed by atoms with E-state index in [1.165, 1.54) is 6.42 Å². The predicted octanol–water partition coefficient (Wildman–Crippen LogP) is 1.90. The van der Waals surface area contributed by atoms with Gasteiger partial charge in [0.05, 0.1) is 5.60 Å². The fraction of sp³-hybridized carbons (Fsp3) is 0.714. The van der Waals surface area contributed by atoms with Gasteiger partial charge in [0.15, 0.2) is 0 Å². The van der Waals surface area contributed by atoms with Gasteiger partial charge in [-0.15, -0.1) is 0 Å². The van der Waals surface area contributed by atoms with Gasteiger partial charge in [0.25, 0.3) is 0 Å². The van der Waals surface area contributed by atoms with Crippen molar-refractivity contribution in [3.8, 4) is 0 Å². The topological polar surface area (TPSA) is 61.3 Å². The number of rotatable bonds is 4. The molecule has 0 aliphatic heterocycles. The van der Waals surface area contributed by atoms with E-state index in [4.69, 9.17) is 0 Å². The third-order valence-electron chi connectivity index (χ3n) is 3.71. The van der Waals surface area contributed by atoms with E-state index in [-0.39, 0.29) is 0 Å². The molecule has 0 aromatic carbocycles. The molecule has 1 aliphatic rings. The molecule has 0 spiro atoms. The van der Waals surface area contributed by atoms with Crippen molar-refractivity contribution in [2.45, 2.75) is 38.2 Å². The normalized spacial score (nSPS) is 27.1. The Balaban J connectivity index is 1.96. The molecule has 106 valence electrons. The average molecular weight is 264 g/mol. The monoisotopic (exact) mass is 264 g/mol. The molecule has 19 heavy (non-hydrogen) atoms. The van der Waals surface area contributed by atoms with Gasteiger partial charge in [0.2, 0.25) is 5.95 Å². The minimum absolute atomic E-state index is 0.557. The van der Waals surface area contributed by atoms with Crippen molar-refractivity contribution < 1.29 is 5.11 Å². The predicted molar refractivity (Wildman–Crippen MR) is 77.4 cm³/mol. The highest BCUT2D eigenvalue weighted by Crippen LogP contribution is 2.32. The summed E-state index contributed by atoms with van der Waals surface area (Å²) in [5, 5.41) is 13.8. The Morgan fingerprint density at radius 2 is 2.32 bits per heavy atom. The van der Waals surface area contributed by atoms with Crippen molar-refractivity contribution >= 4 is 11.8 Å². The van der Waals surface area contributed by atoms with Crippen LogP contribution >= 0.6 is 0 Å². The minimum Gasteiger partial charge on any atom is -0.388 e. The summed E-state index contributed by atoms with van der Waals surface area (Å²) in [6.45, 7) is 2.76. The lowest BCUT2D eigenvalue weighted by atomic mass is 9.79. The molecule has 5 heteroatoms. The van der Waals surface area contributed by atoms with Crippen molar-refractivity contribution in [3.05, 3.63) is 12.3 Å². The highest BCUT2D eigenvalue weighted by atomic mass is 16.3. The van der Waals surface area contributed by atoms with Crippen molar-refractivity contribution in [1.29, 1.82) is 0 Å². The van der Waals surface area contributed by atoms with Crippen LogP contribution in [-0.2, 0) is 0 Å². The van der Waals surface area contributed by atoms with Gasteiger partial charge in [0.1, 0.15) is 5.82 Å². The lowest BCUT2D eigenvalue weighted by molar-refractivity contribution is -0.000827. The van der Waals surface area contributed by atoms with Crippen LogP contribution in [0.3, 0.4) is 0 Å². The molecule has 2 N–H and O–H groups in total. The molecule has 2 rings (SSSR count). The van der Waals surface area contributed by atoms with Gasteiger partial charge >= 0.3 is 0 Å². The summed E-state index contributed by atoms with van der Waals surface area (Å²) in [6, 6.07) is 1.84. The van der Waals surface area contributed by atoms with E-state index >= 15 is 0 Å². The van der Waals surface area contributed by atoms with E-state index in [0.29, 0.717) is 18.4 Å². The van der Waals surface area contributed by atoms with Crippen LogP contribution in [0.5, 0.6) is 0 Å². The maximum Gasteiger partial charge on any atom is 0.226 e. The first-order chi connectivity index (χ1) is 8.98. The summed E-state index contributed by atoms with van der Waals surface area (Å²) >= 11 is 0. The van der Waals surface area contributed by atoms with E-state index in [1.54, 1.807) is 6.20 Å². The number of aromatic nitrogens is 2. The van der Waals surface area contributed by atoms with Gasteiger partial charge < -0.3 is 15.3 Å². The van der Waals surface area contributed by atoms with Crippen molar-refractivity contribution in [2.24, 2.45) is 5.92 Å². The Kier molecular flexibility index (Phi) is 4.24. The van der Waals surface area contributed by atoms with Gasteiger partial charge in [-0.1, -0.05) is 19.8 Å². The maximum atomic E-state index is 10.6. The van der Waals surface area contributed by atoms with E-state index in [1.807, 2.05) is 25.1 Å². The first-order valence-electron chi connectivity index (χ1n) is 6.95. The summed E-state index contributed by atoms with van der Waals surface area (Å²) in [4.78, 5) is 10.4. The summed E-state index contributed by atoms with van der Waals surface area (Å²) in [5.74, 6) is 2.04. The van der Waals surface area contributed by atoms with E-state index in [2.05, 4.69) is 22.2 Å². The molecule has 1 heterocycles. The van der Waals surface area contributed by atoms with Crippen LogP contribution < -0.4 is 10.2 Å². The first-order valence-corrected chi connectivity index (χ1v) is 6.95. The second-order valence-corrected chi connectivity index (χ2v) is 5.92. The van der Waals surface area contributed by atoms with Crippen LogP contribution in [0.4, 0.5) is 11.8 Å². The molecule has 1 fully saturated rings. The zero-order valence-electron chi connectivity index (χ0n) is 12.1. The molecule has 1 saturated carbocycles. The molecule has 1 aromatic heterocycles. The standard InChI is InChI=1S/C14H24N4O/c1-11-5-4-7-14(19,9-11)10-16-12-6-8-15-13(17-12)18(2)3/h6,8,11,19H,4-5,7,9-10H2,1-3H3,(H,15,16,17). The molecular formula is C14H24N4O. The Morgan fingerprint density at radius 1 is 1.53 bits per heavy atom. The zero-order chi connectivity index (χ0) is 13.9. The molecule has 0 saturated heterocycles. The van der Waals surface area contributed by atoms with Crippen LogP contribution in [0.2, 0.25) is 0 Å². The molecule has 1 aliphatic carbocycles. The van der Waals surface area contributed by atoms with Crippen LogP contribution in [0.25, 0.3) is 0 Å². The lowest BCUT2D eigenvalue weighted by Crippen LogP contribution is -2.41. The summed E-state index contributed by atoms with van der Waals surface area (Å²) in [6.07, 6.45) is 5.80. The largest absolute Gasteiger partial charge is 0.388 e. The Bertz CT molecular complexity index is 424. The second-order valence-electron chi connectivity index (χ2n) is 5.92. The van der Waals surface area contributed by atoms with E-state index in [0.717, 1.165) is 25.1 Å². The average Bonchev–Trinajstić information content (AvgIpc) is 2.36. The van der Waals surface area contributed by atoms with E-state index in [9.17, 15) is 5.11 Å². The van der Waals surface area contributed by atoms with Gasteiger partial charge in [-0.05, 0) is 24.8 Å². The first kappa shape index (κ1) is 14.1. The number of anilines is 2. The molecular weight excluding hydrogens is 240 g/mol. The van der Waals surface area contributed by atoms with Gasteiger partial charge in [0, 0.05) is 26.8 Å². The number of hydrogen-bond donors (Lipinski definition) is 2. The summed E-state index contributed by atoms with van der Waals surface area (Å²) in [7, 11) is 3.82. The van der Waals surface area contributed by atoms with Gasteiger partial charge in [-0.2, -0.15) is 4.98 Å². The fourth-order valence-electron chi connectivity index (χ4n) is 2.71. The van der Waals surface area contributed by atoms with Crippen LogP contribution in [0, 0.1) is 5.92 Å². The lowest BCUT2D eigenvalue weighted by Gasteiger charge is -2.35. The number of nitrogens with one attached hydrogen (secondary N) is 1. The molecule has 0 amide bonds. The number of nitrogens with zero attached hydrogens (tertiary/aromatic N) is 3. The van der Waals surface area contributed by atoms with Crippen LogP contribution in [0.1, 0.15) is 32.6 Å². The van der Waals surface area contributed by atoms with Gasteiger partial charge in [-0.3, -0.25) is 0 Å². The molecule has 2 unspecified atom stereocenters. The Hall–Kier alpha value is -1.36. The fourth-order valence-corrected chi connectivity index (χ4v) is 2.71. The second kappa shape index (κ2) is 5.74. The Morgan fingerprint density at radius 3 is 3.00 bits per heavy atom. The molecule has 2 atom stereocenters. The summed E-state index contributed by atoms with van der Waals surface area (Å²) in [5.41, 5.74) is -0.596. The SMILES string of the molecule is CC1CCCC(O)(CNc2ccnc(N(C)C)n2)C1. The summed E-state index contributed by atoms with van der Waals surface area (Å²) < 4.78 is 0. The van der Waals surface area contributed by atoms with Crippen molar-refractivity contribution in [2.75, 3.05) is 30.9 Å². The van der Waals surface area contributed by atoms with Gasteiger partial charge in [-0.25, -0.2) is 4.98 Å². The van der Waals surface area contributed by atoms with Crippen molar-refractivity contribution in [3.63, 3.8) is 0 Å². The molecule has 0 radical (unpaired) electrons.